The van der Waals surface area contributed by atoms with E-state index < -0.39 is 66.2 Å². The van der Waals surface area contributed by atoms with Gasteiger partial charge in [-0.15, -0.1) is 0 Å². The molecule has 15 N–H and O–H groups in total. The van der Waals surface area contributed by atoms with E-state index in [1.807, 2.05) is 0 Å². The van der Waals surface area contributed by atoms with E-state index in [1.165, 1.54) is 0 Å². The van der Waals surface area contributed by atoms with Crippen LogP contribution in [0.5, 0.6) is 0 Å². The number of carbonyl (C=O) groups excluding carboxylic acids is 3. The standard InChI is InChI=1S/C22H42N10O7/c1-3-11(2)16(19(37)30-13(20(38)39)7-5-9-29-22(26)27)32-18(36)14(10-15(33)34)31-17(35)12(23)6-4-8-28-21(24)25/h11-14,16H,3-10,23H2,1-2H3,(H,30,37)(H,31,35)(H,32,36)(H,33,34)(H,38,39)(H4,24,25,28)(H4,26,27,29). The normalized spacial score (nSPS) is 14.4. The number of nitrogens with two attached hydrogens (primary N) is 5. The molecule has 0 aromatic heterocycles. The Morgan fingerprint density at radius 3 is 1.74 bits per heavy atom. The van der Waals surface area contributed by atoms with Gasteiger partial charge in [0.1, 0.15) is 18.1 Å². The highest BCUT2D eigenvalue weighted by molar-refractivity contribution is 5.95. The van der Waals surface area contributed by atoms with E-state index >= 15 is 0 Å². The molecule has 0 aliphatic heterocycles. The summed E-state index contributed by atoms with van der Waals surface area (Å²) in [5.74, 6) is -5.93. The van der Waals surface area contributed by atoms with Gasteiger partial charge in [-0.1, -0.05) is 20.3 Å². The van der Waals surface area contributed by atoms with Crippen molar-refractivity contribution in [3.05, 3.63) is 0 Å². The number of rotatable bonds is 19. The van der Waals surface area contributed by atoms with E-state index in [0.29, 0.717) is 12.8 Å². The average molecular weight is 559 g/mol. The van der Waals surface area contributed by atoms with Crippen LogP contribution < -0.4 is 44.6 Å². The molecule has 17 nitrogen and oxygen atoms in total. The summed E-state index contributed by atoms with van der Waals surface area (Å²) in [6.07, 6.45) is 0.413. The van der Waals surface area contributed by atoms with E-state index in [0.717, 1.165) is 0 Å². The molecule has 0 aliphatic rings. The molecule has 0 spiro atoms. The fraction of sp³-hybridized carbons (Fsp3) is 0.682. The van der Waals surface area contributed by atoms with E-state index in [2.05, 4.69) is 25.9 Å². The molecular weight excluding hydrogens is 516 g/mol. The maximum absolute atomic E-state index is 13.0. The van der Waals surface area contributed by atoms with Crippen molar-refractivity contribution < 1.29 is 34.2 Å². The Morgan fingerprint density at radius 2 is 1.28 bits per heavy atom. The molecule has 222 valence electrons. The predicted octanol–water partition coefficient (Wildman–Crippen LogP) is -3.52. The van der Waals surface area contributed by atoms with Crippen molar-refractivity contribution in [3.8, 4) is 0 Å². The van der Waals surface area contributed by atoms with Crippen molar-refractivity contribution in [2.24, 2.45) is 44.6 Å². The molecule has 39 heavy (non-hydrogen) atoms. The topological polar surface area (TPSA) is 317 Å². The van der Waals surface area contributed by atoms with Crippen LogP contribution in [0, 0.1) is 5.92 Å². The van der Waals surface area contributed by atoms with Crippen LogP contribution in [0.15, 0.2) is 9.98 Å². The van der Waals surface area contributed by atoms with Gasteiger partial charge in [-0.25, -0.2) is 4.79 Å². The van der Waals surface area contributed by atoms with Crippen LogP contribution in [-0.2, 0) is 24.0 Å². The highest BCUT2D eigenvalue weighted by atomic mass is 16.4. The molecule has 3 amide bonds. The number of carboxylic acid groups (broad SMARTS) is 2. The van der Waals surface area contributed by atoms with E-state index in [4.69, 9.17) is 28.7 Å². The van der Waals surface area contributed by atoms with Gasteiger partial charge >= 0.3 is 11.9 Å². The van der Waals surface area contributed by atoms with Crippen molar-refractivity contribution in [1.29, 1.82) is 0 Å². The molecule has 0 heterocycles. The second-order valence-corrected chi connectivity index (χ2v) is 8.93. The van der Waals surface area contributed by atoms with Crippen molar-refractivity contribution in [2.45, 2.75) is 76.5 Å². The zero-order valence-corrected chi connectivity index (χ0v) is 22.3. The summed E-state index contributed by atoms with van der Waals surface area (Å²) in [5.41, 5.74) is 26.8. The average Bonchev–Trinajstić information content (AvgIpc) is 2.84. The Balaban J connectivity index is 5.47. The number of hydrogen-bond donors (Lipinski definition) is 10. The van der Waals surface area contributed by atoms with Crippen LogP contribution in [0.2, 0.25) is 0 Å². The predicted molar refractivity (Wildman–Crippen MR) is 143 cm³/mol. The lowest BCUT2D eigenvalue weighted by molar-refractivity contribution is -0.143. The molecule has 5 atom stereocenters. The molecule has 0 aromatic rings. The van der Waals surface area contributed by atoms with Gasteiger partial charge in [0.25, 0.3) is 0 Å². The lowest BCUT2D eigenvalue weighted by Gasteiger charge is -2.27. The fourth-order valence-corrected chi connectivity index (χ4v) is 3.29. The minimum absolute atomic E-state index is 0.0117. The third-order valence-corrected chi connectivity index (χ3v) is 5.67. The smallest absolute Gasteiger partial charge is 0.326 e. The van der Waals surface area contributed by atoms with Crippen LogP contribution in [-0.4, -0.2) is 89.0 Å². The zero-order valence-electron chi connectivity index (χ0n) is 22.3. The van der Waals surface area contributed by atoms with Gasteiger partial charge < -0.3 is 54.8 Å². The maximum atomic E-state index is 13.0. The second kappa shape index (κ2) is 18.2. The number of nitrogens with one attached hydrogen (secondary N) is 3. The summed E-state index contributed by atoms with van der Waals surface area (Å²) in [5, 5.41) is 25.9. The number of carbonyl (C=O) groups is 5. The first-order valence-corrected chi connectivity index (χ1v) is 12.4. The molecule has 0 aromatic carbocycles. The zero-order chi connectivity index (χ0) is 30.1. The molecule has 0 saturated carbocycles. The van der Waals surface area contributed by atoms with E-state index in [-0.39, 0.29) is 44.3 Å². The molecule has 0 saturated heterocycles. The summed E-state index contributed by atoms with van der Waals surface area (Å²) in [6.45, 7) is 3.77. The summed E-state index contributed by atoms with van der Waals surface area (Å²) < 4.78 is 0. The van der Waals surface area contributed by atoms with Crippen molar-refractivity contribution in [1.82, 2.24) is 16.0 Å². The van der Waals surface area contributed by atoms with Gasteiger partial charge in [0.2, 0.25) is 17.7 Å². The fourth-order valence-electron chi connectivity index (χ4n) is 3.29. The SMILES string of the molecule is CCC(C)C(NC(=O)C(CC(=O)O)NC(=O)C(N)CCCN=C(N)N)C(=O)NC(CCCN=C(N)N)C(=O)O. The maximum Gasteiger partial charge on any atom is 0.326 e. The third kappa shape index (κ3) is 15.0. The van der Waals surface area contributed by atoms with Gasteiger partial charge in [-0.2, -0.15) is 0 Å². The number of nitrogens with zero attached hydrogens (tertiary/aromatic N) is 2. The van der Waals surface area contributed by atoms with E-state index in [9.17, 15) is 34.2 Å². The van der Waals surface area contributed by atoms with Gasteiger partial charge in [0, 0.05) is 13.1 Å². The quantitative estimate of drug-likeness (QED) is 0.0419. The number of carboxylic acids is 2. The number of guanidine groups is 2. The monoisotopic (exact) mass is 558 g/mol. The Morgan fingerprint density at radius 1 is 0.769 bits per heavy atom. The number of amides is 3. The lowest BCUT2D eigenvalue weighted by atomic mass is 9.97. The van der Waals surface area contributed by atoms with E-state index in [1.54, 1.807) is 13.8 Å². The van der Waals surface area contributed by atoms with Crippen LogP contribution in [0.4, 0.5) is 0 Å². The van der Waals surface area contributed by atoms with Crippen molar-refractivity contribution >= 4 is 41.6 Å². The first-order valence-electron chi connectivity index (χ1n) is 12.4. The number of hydrogen-bond acceptors (Lipinski definition) is 8. The molecule has 0 aliphatic carbocycles. The summed E-state index contributed by atoms with van der Waals surface area (Å²) in [7, 11) is 0. The molecule has 0 rings (SSSR count). The van der Waals surface area contributed by atoms with Crippen molar-refractivity contribution in [2.75, 3.05) is 13.1 Å². The molecule has 0 bridgehead atoms. The summed E-state index contributed by atoms with van der Waals surface area (Å²) >= 11 is 0. The molecule has 0 radical (unpaired) electrons. The highest BCUT2D eigenvalue weighted by Gasteiger charge is 2.33. The molecular formula is C22H42N10O7. The Kier molecular flexibility index (Phi) is 16.2. The summed E-state index contributed by atoms with van der Waals surface area (Å²) in [6, 6.07) is -5.13. The number of aliphatic carboxylic acids is 2. The van der Waals surface area contributed by atoms with Crippen molar-refractivity contribution in [3.63, 3.8) is 0 Å². The minimum Gasteiger partial charge on any atom is -0.481 e. The van der Waals surface area contributed by atoms with Gasteiger partial charge in [-0.3, -0.25) is 29.2 Å². The van der Waals surface area contributed by atoms with Crippen LogP contribution in [0.1, 0.15) is 52.4 Å². The van der Waals surface area contributed by atoms with Gasteiger partial charge in [-0.05, 0) is 31.6 Å². The third-order valence-electron chi connectivity index (χ3n) is 5.67. The lowest BCUT2D eigenvalue weighted by Crippen LogP contribution is -2.59. The van der Waals surface area contributed by atoms with Crippen LogP contribution in [0.3, 0.4) is 0 Å². The summed E-state index contributed by atoms with van der Waals surface area (Å²) in [4.78, 5) is 69.0. The largest absolute Gasteiger partial charge is 0.481 e. The Hall–Kier alpha value is -4.15. The molecule has 0 fully saturated rings. The van der Waals surface area contributed by atoms with Gasteiger partial charge in [0.15, 0.2) is 11.9 Å². The minimum atomic E-state index is -1.55. The number of aliphatic imine (C=N–C) groups is 2. The second-order valence-electron chi connectivity index (χ2n) is 8.93. The first kappa shape index (κ1) is 34.9. The Bertz CT molecular complexity index is 904. The van der Waals surface area contributed by atoms with Gasteiger partial charge in [0.05, 0.1) is 12.5 Å². The Labute approximate surface area is 226 Å². The first-order chi connectivity index (χ1) is 18.2. The van der Waals surface area contributed by atoms with Crippen LogP contribution in [0.25, 0.3) is 0 Å². The highest BCUT2D eigenvalue weighted by Crippen LogP contribution is 2.11. The van der Waals surface area contributed by atoms with Crippen LogP contribution >= 0.6 is 0 Å². The molecule has 5 unspecified atom stereocenters. The molecule has 17 heteroatoms.